The lowest BCUT2D eigenvalue weighted by Crippen LogP contribution is -2.15. The van der Waals surface area contributed by atoms with Gasteiger partial charge in [0.2, 0.25) is 0 Å². The fourth-order valence-electron chi connectivity index (χ4n) is 1.00. The van der Waals surface area contributed by atoms with Crippen molar-refractivity contribution in [2.45, 2.75) is 17.7 Å². The zero-order valence-electron chi connectivity index (χ0n) is 7.14. The van der Waals surface area contributed by atoms with E-state index in [-0.39, 0.29) is 10.7 Å². The number of thiazole rings is 1. The number of ether oxygens (including phenoxy) is 1. The number of hydrogen-bond acceptors (Lipinski definition) is 4. The van der Waals surface area contributed by atoms with Gasteiger partial charge in [0.1, 0.15) is 6.61 Å². The Morgan fingerprint density at radius 1 is 1.85 bits per heavy atom. The minimum absolute atomic E-state index is 0.136. The van der Waals surface area contributed by atoms with Crippen molar-refractivity contribution in [3.63, 3.8) is 0 Å². The van der Waals surface area contributed by atoms with Gasteiger partial charge in [-0.2, -0.15) is 0 Å². The molecule has 0 aliphatic heterocycles. The van der Waals surface area contributed by atoms with Crippen molar-refractivity contribution in [1.29, 1.82) is 0 Å². The summed E-state index contributed by atoms with van der Waals surface area (Å²) in [5.74, 6) is 0.136. The first-order chi connectivity index (χ1) is 6.25. The molecule has 1 aromatic heterocycles. The first kappa shape index (κ1) is 10.7. The second kappa shape index (κ2) is 5.34. The molecule has 0 fully saturated rings. The predicted octanol–water partition coefficient (Wildman–Crippen LogP) is 2.18. The average molecular weight is 264 g/mol. The van der Waals surface area contributed by atoms with Crippen molar-refractivity contribution in [2.24, 2.45) is 0 Å². The van der Waals surface area contributed by atoms with Crippen LogP contribution in [0.4, 0.5) is 0 Å². The van der Waals surface area contributed by atoms with Crippen LogP contribution in [-0.4, -0.2) is 22.9 Å². The van der Waals surface area contributed by atoms with Gasteiger partial charge in [-0.1, -0.05) is 22.9 Å². The number of carbonyl (C=O) groups excluding carboxylic acids is 1. The number of alkyl halides is 1. The summed E-state index contributed by atoms with van der Waals surface area (Å²) in [7, 11) is 0. The molecule has 0 radical (unpaired) electrons. The van der Waals surface area contributed by atoms with E-state index in [2.05, 4.69) is 20.9 Å². The lowest BCUT2D eigenvalue weighted by molar-refractivity contribution is -0.129. The normalized spacial score (nSPS) is 14.9. The lowest BCUT2D eigenvalue weighted by atomic mass is 10.1. The molecule has 2 atom stereocenters. The Morgan fingerprint density at radius 3 is 3.08 bits per heavy atom. The van der Waals surface area contributed by atoms with Gasteiger partial charge in [-0.15, -0.1) is 11.3 Å². The van der Waals surface area contributed by atoms with Crippen molar-refractivity contribution in [1.82, 2.24) is 4.98 Å². The standard InChI is InChI=1S/C8H10BrNO2S/c1-6(9)7(2-12-5-11)8-3-13-4-10-8/h3-7H,2H2,1H3. The van der Waals surface area contributed by atoms with Crippen LogP contribution >= 0.6 is 27.3 Å². The summed E-state index contributed by atoms with van der Waals surface area (Å²) < 4.78 is 4.73. The highest BCUT2D eigenvalue weighted by molar-refractivity contribution is 9.09. The fourth-order valence-corrected chi connectivity index (χ4v) is 2.04. The summed E-state index contributed by atoms with van der Waals surface area (Å²) in [6, 6.07) is 0. The van der Waals surface area contributed by atoms with Gasteiger partial charge < -0.3 is 4.74 Å². The van der Waals surface area contributed by atoms with Crippen LogP contribution in [0.5, 0.6) is 0 Å². The maximum atomic E-state index is 10.0. The highest BCUT2D eigenvalue weighted by Gasteiger charge is 2.19. The molecule has 0 saturated carbocycles. The largest absolute Gasteiger partial charge is 0.467 e. The Kier molecular flexibility index (Phi) is 4.38. The predicted molar refractivity (Wildman–Crippen MR) is 55.3 cm³/mol. The monoisotopic (exact) mass is 263 g/mol. The van der Waals surface area contributed by atoms with E-state index in [0.717, 1.165) is 5.69 Å². The molecule has 13 heavy (non-hydrogen) atoms. The molecule has 72 valence electrons. The molecule has 0 amide bonds. The van der Waals surface area contributed by atoms with Gasteiger partial charge in [0.25, 0.3) is 6.47 Å². The fraction of sp³-hybridized carbons (Fsp3) is 0.500. The molecule has 0 N–H and O–H groups in total. The summed E-state index contributed by atoms with van der Waals surface area (Å²) in [6.07, 6.45) is 0. The summed E-state index contributed by atoms with van der Waals surface area (Å²) in [5, 5.41) is 1.97. The van der Waals surface area contributed by atoms with E-state index in [1.165, 1.54) is 0 Å². The van der Waals surface area contributed by atoms with Crippen molar-refractivity contribution < 1.29 is 9.53 Å². The average Bonchev–Trinajstić information content (AvgIpc) is 2.57. The molecule has 1 rings (SSSR count). The zero-order valence-corrected chi connectivity index (χ0v) is 9.55. The molecule has 1 heterocycles. The molecule has 3 nitrogen and oxygen atoms in total. The number of carbonyl (C=O) groups is 1. The summed E-state index contributed by atoms with van der Waals surface area (Å²) in [4.78, 5) is 14.5. The maximum Gasteiger partial charge on any atom is 0.293 e. The van der Waals surface area contributed by atoms with Gasteiger partial charge in [0.15, 0.2) is 0 Å². The molecule has 0 aliphatic carbocycles. The van der Waals surface area contributed by atoms with Crippen LogP contribution in [0.3, 0.4) is 0 Å². The third kappa shape index (κ3) is 3.08. The summed E-state index contributed by atoms with van der Waals surface area (Å²) in [6.45, 7) is 2.85. The Bertz CT molecular complexity index is 251. The second-order valence-electron chi connectivity index (χ2n) is 2.63. The van der Waals surface area contributed by atoms with E-state index >= 15 is 0 Å². The molecule has 0 saturated heterocycles. The van der Waals surface area contributed by atoms with Crippen LogP contribution < -0.4 is 0 Å². The lowest BCUT2D eigenvalue weighted by Gasteiger charge is -2.15. The van der Waals surface area contributed by atoms with Crippen LogP contribution in [0.25, 0.3) is 0 Å². The third-order valence-corrected chi connectivity index (χ3v) is 2.97. The second-order valence-corrected chi connectivity index (χ2v) is 4.79. The Hall–Kier alpha value is -0.420. The number of hydrogen-bond donors (Lipinski definition) is 0. The molecule has 5 heteroatoms. The van der Waals surface area contributed by atoms with Gasteiger partial charge in [0.05, 0.1) is 11.2 Å². The molecule has 0 aliphatic rings. The van der Waals surface area contributed by atoms with Crippen LogP contribution in [-0.2, 0) is 9.53 Å². The van der Waals surface area contributed by atoms with Crippen molar-refractivity contribution in [2.75, 3.05) is 6.61 Å². The Morgan fingerprint density at radius 2 is 2.62 bits per heavy atom. The quantitative estimate of drug-likeness (QED) is 0.604. The number of halogens is 1. The van der Waals surface area contributed by atoms with E-state index < -0.39 is 0 Å². The number of rotatable bonds is 5. The van der Waals surface area contributed by atoms with Crippen molar-refractivity contribution >= 4 is 33.7 Å². The number of aromatic nitrogens is 1. The molecule has 1 aromatic rings. The van der Waals surface area contributed by atoms with Gasteiger partial charge in [-0.25, -0.2) is 4.98 Å². The maximum absolute atomic E-state index is 10.0. The van der Waals surface area contributed by atoms with E-state index in [0.29, 0.717) is 13.1 Å². The van der Waals surface area contributed by atoms with Gasteiger partial charge in [-0.3, -0.25) is 4.79 Å². The first-order valence-corrected chi connectivity index (χ1v) is 5.69. The van der Waals surface area contributed by atoms with E-state index in [1.807, 2.05) is 12.3 Å². The van der Waals surface area contributed by atoms with Gasteiger partial charge in [0, 0.05) is 16.1 Å². The number of nitrogens with zero attached hydrogens (tertiary/aromatic N) is 1. The minimum atomic E-state index is 0.136. The Balaban J connectivity index is 2.63. The molecular formula is C8H10BrNO2S. The topological polar surface area (TPSA) is 39.2 Å². The van der Waals surface area contributed by atoms with Crippen LogP contribution in [0.1, 0.15) is 18.5 Å². The minimum Gasteiger partial charge on any atom is -0.467 e. The van der Waals surface area contributed by atoms with E-state index in [4.69, 9.17) is 4.74 Å². The van der Waals surface area contributed by atoms with Crippen LogP contribution in [0, 0.1) is 0 Å². The third-order valence-electron chi connectivity index (χ3n) is 1.73. The summed E-state index contributed by atoms with van der Waals surface area (Å²) >= 11 is 5.00. The highest BCUT2D eigenvalue weighted by atomic mass is 79.9. The zero-order chi connectivity index (χ0) is 9.68. The van der Waals surface area contributed by atoms with Gasteiger partial charge in [-0.05, 0) is 0 Å². The van der Waals surface area contributed by atoms with Crippen LogP contribution in [0.15, 0.2) is 10.9 Å². The molecule has 0 aromatic carbocycles. The van der Waals surface area contributed by atoms with Gasteiger partial charge >= 0.3 is 0 Å². The smallest absolute Gasteiger partial charge is 0.293 e. The van der Waals surface area contributed by atoms with E-state index in [9.17, 15) is 4.79 Å². The molecule has 0 spiro atoms. The van der Waals surface area contributed by atoms with Crippen molar-refractivity contribution in [3.8, 4) is 0 Å². The SMILES string of the molecule is CC(Br)C(COC=O)c1cscn1. The molecular weight excluding hydrogens is 254 g/mol. The first-order valence-electron chi connectivity index (χ1n) is 3.83. The highest BCUT2D eigenvalue weighted by Crippen LogP contribution is 2.24. The van der Waals surface area contributed by atoms with E-state index in [1.54, 1.807) is 16.8 Å². The Labute approximate surface area is 89.3 Å². The van der Waals surface area contributed by atoms with Crippen molar-refractivity contribution in [3.05, 3.63) is 16.6 Å². The molecule has 0 bridgehead atoms. The van der Waals surface area contributed by atoms with Crippen LogP contribution in [0.2, 0.25) is 0 Å². The summed E-state index contributed by atoms with van der Waals surface area (Å²) in [5.41, 5.74) is 2.75. The molecule has 2 unspecified atom stereocenters.